The van der Waals surface area contributed by atoms with E-state index in [0.717, 1.165) is 55.1 Å². The van der Waals surface area contributed by atoms with Gasteiger partial charge in [0.25, 0.3) is 0 Å². The van der Waals surface area contributed by atoms with Crippen molar-refractivity contribution in [2.24, 2.45) is 5.92 Å². The summed E-state index contributed by atoms with van der Waals surface area (Å²) in [4.78, 5) is 41.2. The summed E-state index contributed by atoms with van der Waals surface area (Å²) >= 11 is 0. The van der Waals surface area contributed by atoms with Gasteiger partial charge in [-0.25, -0.2) is 4.79 Å². The van der Waals surface area contributed by atoms with E-state index in [1.54, 1.807) is 0 Å². The van der Waals surface area contributed by atoms with E-state index in [1.807, 2.05) is 30.7 Å². The number of carbonyl (C=O) groups is 3. The minimum absolute atomic E-state index is 0.0174. The van der Waals surface area contributed by atoms with Gasteiger partial charge in [-0.15, -0.1) is 0 Å². The molecular weight excluding hydrogens is 626 g/mol. The summed E-state index contributed by atoms with van der Waals surface area (Å²) in [5, 5.41) is 22.8. The first-order chi connectivity index (χ1) is 23.6. The smallest absolute Gasteiger partial charge is 0.408 e. The average Bonchev–Trinajstić information content (AvgIpc) is 3.60. The third kappa shape index (κ3) is 6.52. The Hall–Kier alpha value is -3.69. The summed E-state index contributed by atoms with van der Waals surface area (Å²) in [6.45, 7) is 8.16. The van der Waals surface area contributed by atoms with Crippen LogP contribution >= 0.6 is 0 Å². The number of nitrogens with zero attached hydrogens (tertiary/aromatic N) is 4. The summed E-state index contributed by atoms with van der Waals surface area (Å²) in [6, 6.07) is 8.41. The number of nitrogens with one attached hydrogen (secondary N) is 5. The predicted molar refractivity (Wildman–Crippen MR) is 182 cm³/mol. The van der Waals surface area contributed by atoms with E-state index in [0.29, 0.717) is 26.2 Å². The van der Waals surface area contributed by atoms with E-state index in [9.17, 15) is 14.4 Å². The third-order valence-electron chi connectivity index (χ3n) is 10.6. The number of rotatable bonds is 5. The van der Waals surface area contributed by atoms with E-state index in [2.05, 4.69) is 78.8 Å². The van der Waals surface area contributed by atoms with Crippen LogP contribution in [-0.2, 0) is 25.6 Å². The van der Waals surface area contributed by atoms with Crippen LogP contribution in [0.15, 0.2) is 42.6 Å². The van der Waals surface area contributed by atoms with E-state index >= 15 is 0 Å². The second-order valence-corrected chi connectivity index (χ2v) is 15.4. The minimum atomic E-state index is -0.536. The predicted octanol–water partition coefficient (Wildman–Crippen LogP) is 2.20. The number of aromatic nitrogens is 1. The van der Waals surface area contributed by atoms with Crippen LogP contribution in [0.2, 0.25) is 0 Å². The van der Waals surface area contributed by atoms with Crippen LogP contribution in [0.25, 0.3) is 10.9 Å². The van der Waals surface area contributed by atoms with Crippen molar-refractivity contribution in [2.75, 3.05) is 31.6 Å². The highest BCUT2D eigenvalue weighted by Gasteiger charge is 2.53. The van der Waals surface area contributed by atoms with Crippen molar-refractivity contribution in [3.63, 3.8) is 0 Å². The number of hydrazine groups is 1. The Balaban J connectivity index is 0.967. The van der Waals surface area contributed by atoms with Crippen molar-refractivity contribution in [2.45, 2.75) is 108 Å². The molecule has 8 rings (SSSR count). The maximum atomic E-state index is 13.8. The molecule has 14 heteroatoms. The Morgan fingerprint density at radius 3 is 2.78 bits per heavy atom. The van der Waals surface area contributed by atoms with Crippen LogP contribution in [0.1, 0.15) is 59.3 Å². The number of piperidine rings is 1. The zero-order chi connectivity index (χ0) is 33.9. The molecule has 2 aromatic rings. The largest absolute Gasteiger partial charge is 0.444 e. The van der Waals surface area contributed by atoms with E-state index < -0.39 is 5.60 Å². The highest BCUT2D eigenvalue weighted by Crippen LogP contribution is 2.39. The van der Waals surface area contributed by atoms with Crippen LogP contribution in [-0.4, -0.2) is 106 Å². The van der Waals surface area contributed by atoms with Crippen molar-refractivity contribution >= 4 is 34.5 Å². The molecule has 6 heterocycles. The molecule has 5 aliphatic heterocycles. The molecule has 0 radical (unpaired) electrons. The maximum absolute atomic E-state index is 13.8. The molecule has 1 aliphatic carbocycles. The van der Waals surface area contributed by atoms with E-state index in [-0.39, 0.29) is 66.9 Å². The molecule has 6 unspecified atom stereocenters. The molecule has 3 amide bonds. The molecule has 1 aromatic heterocycles. The minimum Gasteiger partial charge on any atom is -0.444 e. The Labute approximate surface area is 286 Å². The molecule has 1 saturated carbocycles. The second-order valence-electron chi connectivity index (χ2n) is 15.4. The number of fused-ring (bicyclic) bond motifs is 6. The molecule has 6 atom stereocenters. The van der Waals surface area contributed by atoms with E-state index in [4.69, 9.17) is 9.47 Å². The molecular formula is C35H49N9O5. The molecule has 0 spiro atoms. The average molecular weight is 676 g/mol. The fourth-order valence-corrected chi connectivity index (χ4v) is 8.09. The number of amides is 3. The second kappa shape index (κ2) is 12.6. The van der Waals surface area contributed by atoms with Gasteiger partial charge in [-0.2, -0.15) is 5.01 Å². The summed E-state index contributed by atoms with van der Waals surface area (Å²) in [5.41, 5.74) is 1.23. The number of allylic oxidation sites excluding steroid dienone is 1. The van der Waals surface area contributed by atoms with Gasteiger partial charge >= 0.3 is 6.09 Å². The fraction of sp³-hybridized carbons (Fsp3) is 0.629. The molecule has 264 valence electrons. The first kappa shape index (κ1) is 32.5. The zero-order valence-electron chi connectivity index (χ0n) is 28.6. The quantitative estimate of drug-likeness (QED) is 0.300. The number of carbonyl (C=O) groups excluding carboxylic acids is 3. The van der Waals surface area contributed by atoms with Crippen molar-refractivity contribution in [1.82, 2.24) is 40.8 Å². The van der Waals surface area contributed by atoms with Crippen LogP contribution < -0.4 is 26.6 Å². The number of benzene rings is 1. The fourth-order valence-electron chi connectivity index (χ4n) is 8.09. The molecule has 2 bridgehead atoms. The summed E-state index contributed by atoms with van der Waals surface area (Å²) in [5.74, 6) is -0.139. The Bertz CT molecular complexity index is 1630. The molecule has 49 heavy (non-hydrogen) atoms. The van der Waals surface area contributed by atoms with Crippen LogP contribution in [0.4, 0.5) is 10.5 Å². The SMILES string of the molecule is CC(C)(C)OC(=O)NC1(Cn2ccc3cc(NC4NCC5C(=O)N6C/C=C\CCCN7C(=O)COC8CCC(NC87)N6C5N4)ccc32)CC1. The lowest BCUT2D eigenvalue weighted by molar-refractivity contribution is -0.176. The lowest BCUT2D eigenvalue weighted by Gasteiger charge is -2.50. The Kier molecular flexibility index (Phi) is 8.34. The monoisotopic (exact) mass is 675 g/mol. The number of hydrogen-bond acceptors (Lipinski definition) is 10. The van der Waals surface area contributed by atoms with Crippen molar-refractivity contribution in [3.05, 3.63) is 42.6 Å². The number of morpholine rings is 1. The highest BCUT2D eigenvalue weighted by molar-refractivity contribution is 5.84. The maximum Gasteiger partial charge on any atom is 0.408 e. The van der Waals surface area contributed by atoms with Gasteiger partial charge in [-0.3, -0.25) is 30.5 Å². The third-order valence-corrected chi connectivity index (χ3v) is 10.6. The van der Waals surface area contributed by atoms with Gasteiger partial charge in [0.2, 0.25) is 11.8 Å². The summed E-state index contributed by atoms with van der Waals surface area (Å²) in [6.07, 6.45) is 10.2. The molecule has 4 saturated heterocycles. The van der Waals surface area contributed by atoms with Gasteiger partial charge in [0.1, 0.15) is 24.7 Å². The highest BCUT2D eigenvalue weighted by atomic mass is 16.6. The van der Waals surface area contributed by atoms with Gasteiger partial charge in [0, 0.05) is 42.4 Å². The van der Waals surface area contributed by atoms with Crippen molar-refractivity contribution in [1.29, 1.82) is 0 Å². The number of anilines is 1. The van der Waals surface area contributed by atoms with Gasteiger partial charge in [0.05, 0.1) is 36.4 Å². The summed E-state index contributed by atoms with van der Waals surface area (Å²) in [7, 11) is 0. The lowest BCUT2D eigenvalue weighted by Crippen LogP contribution is -2.72. The van der Waals surface area contributed by atoms with E-state index in [1.165, 1.54) is 0 Å². The van der Waals surface area contributed by atoms with Gasteiger partial charge in [0.15, 0.2) is 0 Å². The zero-order valence-corrected chi connectivity index (χ0v) is 28.6. The normalized spacial score (nSPS) is 32.1. The Morgan fingerprint density at radius 1 is 1.10 bits per heavy atom. The first-order valence-electron chi connectivity index (χ1n) is 17.8. The standard InChI is InChI=1S/C35H49N9O5/c1-34(2,3)49-33(47)40-35(13-14-35)21-41-17-12-22-18-23(8-9-25(22)41)37-32-36-19-24-29(39-32)44-27-11-10-26-30(38-27)42(28(45)20-48-26)15-6-4-5-7-16-43(44)31(24)46/h5,7-9,12,17-18,24,26-27,29-30,32,36-39H,4,6,10-11,13-16,19-21H2,1-3H3,(H,40,47)/b7-5-. The number of hydrogen-bond donors (Lipinski definition) is 5. The Morgan fingerprint density at radius 2 is 1.96 bits per heavy atom. The summed E-state index contributed by atoms with van der Waals surface area (Å²) < 4.78 is 13.7. The topological polar surface area (TPSA) is 144 Å². The molecule has 14 nitrogen and oxygen atoms in total. The van der Waals surface area contributed by atoms with Crippen molar-refractivity contribution in [3.8, 4) is 0 Å². The van der Waals surface area contributed by atoms with Crippen LogP contribution in [0.5, 0.6) is 0 Å². The van der Waals surface area contributed by atoms with Crippen LogP contribution in [0.3, 0.4) is 0 Å². The lowest BCUT2D eigenvalue weighted by atomic mass is 9.99. The molecule has 1 aromatic carbocycles. The molecule has 5 fully saturated rings. The molecule has 6 aliphatic rings. The van der Waals surface area contributed by atoms with Gasteiger partial charge in [-0.05, 0) is 83.6 Å². The molecule has 5 N–H and O–H groups in total. The van der Waals surface area contributed by atoms with Gasteiger partial charge < -0.3 is 29.6 Å². The van der Waals surface area contributed by atoms with Crippen LogP contribution in [0, 0.1) is 5.92 Å². The van der Waals surface area contributed by atoms with Crippen molar-refractivity contribution < 1.29 is 23.9 Å². The van der Waals surface area contributed by atoms with Gasteiger partial charge in [-0.1, -0.05) is 12.2 Å². The number of alkyl carbamates (subject to hydrolysis) is 1. The first-order valence-corrected chi connectivity index (χ1v) is 17.8. The number of ether oxygens (including phenoxy) is 2.